The molecule has 0 spiro atoms. The number of carboxylic acids is 1. The number of nitrogens with zero attached hydrogens (tertiary/aromatic N) is 1. The second kappa shape index (κ2) is 5.98. The minimum atomic E-state index is -0.974. The summed E-state index contributed by atoms with van der Waals surface area (Å²) in [6, 6.07) is 5.23. The van der Waals surface area contributed by atoms with Crippen molar-refractivity contribution in [3.05, 3.63) is 29.5 Å². The Morgan fingerprint density at radius 2 is 2.18 bits per heavy atom. The highest BCUT2D eigenvalue weighted by molar-refractivity contribution is 5.95. The summed E-state index contributed by atoms with van der Waals surface area (Å²) in [6.07, 6.45) is 0.327. The molecule has 0 aliphatic carbocycles. The van der Waals surface area contributed by atoms with E-state index in [1.807, 2.05) is 19.1 Å². The maximum atomic E-state index is 11.0. The van der Waals surface area contributed by atoms with Gasteiger partial charge in [-0.3, -0.25) is 4.79 Å². The van der Waals surface area contributed by atoms with E-state index in [4.69, 9.17) is 15.6 Å². The first-order chi connectivity index (χ1) is 10.6. The van der Waals surface area contributed by atoms with Crippen LogP contribution in [0.2, 0.25) is 0 Å². The van der Waals surface area contributed by atoms with Gasteiger partial charge in [-0.2, -0.15) is 0 Å². The maximum absolute atomic E-state index is 11.0. The third-order valence-corrected chi connectivity index (χ3v) is 4.23. The van der Waals surface area contributed by atoms with E-state index in [-0.39, 0.29) is 0 Å². The van der Waals surface area contributed by atoms with Gasteiger partial charge in [0, 0.05) is 30.6 Å². The monoisotopic (exact) mass is 303 g/mol. The highest BCUT2D eigenvalue weighted by atomic mass is 16.5. The van der Waals surface area contributed by atoms with Crippen LogP contribution in [0.25, 0.3) is 10.9 Å². The van der Waals surface area contributed by atoms with E-state index in [0.29, 0.717) is 6.42 Å². The van der Waals surface area contributed by atoms with E-state index >= 15 is 0 Å². The zero-order chi connectivity index (χ0) is 15.7. The number of nitrogens with one attached hydrogen (secondary N) is 1. The highest BCUT2D eigenvalue weighted by Gasteiger charge is 2.20. The number of aromatic nitrogens is 1. The number of aliphatic carboxylic acids is 1. The van der Waals surface area contributed by atoms with Gasteiger partial charge >= 0.3 is 5.97 Å². The molecule has 1 aliphatic rings. The fraction of sp³-hybridized carbons (Fsp3) is 0.438. The molecular formula is C16H21N3O3. The van der Waals surface area contributed by atoms with Gasteiger partial charge in [0.2, 0.25) is 0 Å². The van der Waals surface area contributed by atoms with Crippen molar-refractivity contribution in [3.8, 4) is 0 Å². The standard InChI is InChI=1S/C16H21N3O3/c1-10-12(9-13(17)16(20)21)11-3-2-4-14(15(11)18-10)19-5-7-22-8-6-19/h2-4,13,18H,5-9,17H2,1H3,(H,20,21). The molecule has 0 bridgehead atoms. The molecule has 1 aromatic carbocycles. The summed E-state index contributed by atoms with van der Waals surface area (Å²) in [5.41, 5.74) is 9.86. The Labute approximate surface area is 128 Å². The second-order valence-electron chi connectivity index (χ2n) is 5.68. The number of morpholine rings is 1. The molecule has 2 aromatic rings. The van der Waals surface area contributed by atoms with Crippen LogP contribution in [-0.4, -0.2) is 48.4 Å². The molecule has 1 unspecified atom stereocenters. The topological polar surface area (TPSA) is 91.6 Å². The predicted molar refractivity (Wildman–Crippen MR) is 85.4 cm³/mol. The van der Waals surface area contributed by atoms with Crippen LogP contribution in [0.4, 0.5) is 5.69 Å². The molecule has 4 N–H and O–H groups in total. The molecule has 0 amide bonds. The summed E-state index contributed by atoms with van der Waals surface area (Å²) in [7, 11) is 0. The van der Waals surface area contributed by atoms with Crippen molar-refractivity contribution in [1.82, 2.24) is 4.98 Å². The first-order valence-corrected chi connectivity index (χ1v) is 7.49. The van der Waals surface area contributed by atoms with Crippen molar-refractivity contribution in [1.29, 1.82) is 0 Å². The zero-order valence-electron chi connectivity index (χ0n) is 12.6. The van der Waals surface area contributed by atoms with Gasteiger partial charge in [0.15, 0.2) is 0 Å². The van der Waals surface area contributed by atoms with Crippen LogP contribution >= 0.6 is 0 Å². The number of nitrogens with two attached hydrogens (primary N) is 1. The van der Waals surface area contributed by atoms with Crippen molar-refractivity contribution in [3.63, 3.8) is 0 Å². The van der Waals surface area contributed by atoms with Gasteiger partial charge in [-0.25, -0.2) is 0 Å². The molecule has 1 fully saturated rings. The van der Waals surface area contributed by atoms with Crippen LogP contribution in [0.15, 0.2) is 18.2 Å². The highest BCUT2D eigenvalue weighted by Crippen LogP contribution is 2.31. The van der Waals surface area contributed by atoms with Gasteiger partial charge in [0.1, 0.15) is 6.04 Å². The Bertz CT molecular complexity index is 689. The summed E-state index contributed by atoms with van der Waals surface area (Å²) >= 11 is 0. The summed E-state index contributed by atoms with van der Waals surface area (Å²) in [5.74, 6) is -0.974. The fourth-order valence-electron chi connectivity index (χ4n) is 3.03. The van der Waals surface area contributed by atoms with Crippen LogP contribution in [0.1, 0.15) is 11.3 Å². The molecule has 1 aromatic heterocycles. The number of carboxylic acid groups (broad SMARTS) is 1. The number of aromatic amines is 1. The second-order valence-corrected chi connectivity index (χ2v) is 5.68. The van der Waals surface area contributed by atoms with Gasteiger partial charge < -0.3 is 25.5 Å². The van der Waals surface area contributed by atoms with Gasteiger partial charge in [-0.15, -0.1) is 0 Å². The van der Waals surface area contributed by atoms with Crippen LogP contribution in [-0.2, 0) is 16.0 Å². The Morgan fingerprint density at radius 3 is 2.86 bits per heavy atom. The molecule has 1 aliphatic heterocycles. The first-order valence-electron chi connectivity index (χ1n) is 7.49. The number of hydrogen-bond acceptors (Lipinski definition) is 4. The Balaban J connectivity index is 2.01. The number of anilines is 1. The molecule has 22 heavy (non-hydrogen) atoms. The van der Waals surface area contributed by atoms with E-state index in [0.717, 1.165) is 54.2 Å². The molecule has 6 heteroatoms. The quantitative estimate of drug-likeness (QED) is 0.791. The van der Waals surface area contributed by atoms with Crippen molar-refractivity contribution in [2.45, 2.75) is 19.4 Å². The molecule has 3 rings (SSSR count). The van der Waals surface area contributed by atoms with Crippen LogP contribution in [0.5, 0.6) is 0 Å². The van der Waals surface area contributed by atoms with Crippen LogP contribution in [0, 0.1) is 6.92 Å². The van der Waals surface area contributed by atoms with Gasteiger partial charge in [-0.05, 0) is 18.6 Å². The Morgan fingerprint density at radius 1 is 1.45 bits per heavy atom. The number of ether oxygens (including phenoxy) is 1. The predicted octanol–water partition coefficient (Wildman–Crippen LogP) is 1.27. The normalized spacial score (nSPS) is 16.9. The molecule has 0 saturated carbocycles. The Kier molecular flexibility index (Phi) is 4.04. The third kappa shape index (κ3) is 2.67. The molecule has 1 atom stereocenters. The van der Waals surface area contributed by atoms with Crippen LogP contribution < -0.4 is 10.6 Å². The average molecular weight is 303 g/mol. The summed E-state index contributed by atoms with van der Waals surface area (Å²) in [6.45, 7) is 5.15. The van der Waals surface area contributed by atoms with Gasteiger partial charge in [0.25, 0.3) is 0 Å². The molecule has 0 radical (unpaired) electrons. The lowest BCUT2D eigenvalue weighted by molar-refractivity contribution is -0.138. The van der Waals surface area contributed by atoms with E-state index in [1.165, 1.54) is 0 Å². The molecular weight excluding hydrogens is 282 g/mol. The van der Waals surface area contributed by atoms with E-state index in [2.05, 4.69) is 16.0 Å². The number of para-hydroxylation sites is 1. The molecule has 6 nitrogen and oxygen atoms in total. The lowest BCUT2D eigenvalue weighted by Gasteiger charge is -2.29. The van der Waals surface area contributed by atoms with E-state index in [9.17, 15) is 4.79 Å². The number of benzene rings is 1. The lowest BCUT2D eigenvalue weighted by Crippen LogP contribution is -2.36. The number of rotatable bonds is 4. The zero-order valence-corrected chi connectivity index (χ0v) is 12.6. The molecule has 118 valence electrons. The molecule has 1 saturated heterocycles. The van der Waals surface area contributed by atoms with Crippen molar-refractivity contribution >= 4 is 22.6 Å². The van der Waals surface area contributed by atoms with E-state index < -0.39 is 12.0 Å². The van der Waals surface area contributed by atoms with Gasteiger partial charge in [-0.1, -0.05) is 12.1 Å². The van der Waals surface area contributed by atoms with Crippen molar-refractivity contribution in [2.75, 3.05) is 31.2 Å². The Hall–Kier alpha value is -2.05. The smallest absolute Gasteiger partial charge is 0.320 e. The molecule has 2 heterocycles. The summed E-state index contributed by atoms with van der Waals surface area (Å²) in [5, 5.41) is 10.1. The number of hydrogen-bond donors (Lipinski definition) is 3. The largest absolute Gasteiger partial charge is 0.480 e. The first kappa shape index (κ1) is 14.9. The minimum absolute atomic E-state index is 0.327. The average Bonchev–Trinajstić information content (AvgIpc) is 2.84. The van der Waals surface area contributed by atoms with Crippen molar-refractivity contribution in [2.24, 2.45) is 5.73 Å². The van der Waals surface area contributed by atoms with Crippen molar-refractivity contribution < 1.29 is 14.6 Å². The summed E-state index contributed by atoms with van der Waals surface area (Å²) in [4.78, 5) is 16.7. The number of fused-ring (bicyclic) bond motifs is 1. The maximum Gasteiger partial charge on any atom is 0.320 e. The number of H-pyrrole nitrogens is 1. The van der Waals surface area contributed by atoms with E-state index in [1.54, 1.807) is 0 Å². The number of aryl methyl sites for hydroxylation is 1. The minimum Gasteiger partial charge on any atom is -0.480 e. The summed E-state index contributed by atoms with van der Waals surface area (Å²) < 4.78 is 5.41. The number of carbonyl (C=O) groups is 1. The lowest BCUT2D eigenvalue weighted by atomic mass is 10.0. The van der Waals surface area contributed by atoms with Gasteiger partial charge in [0.05, 0.1) is 24.4 Å². The van der Waals surface area contributed by atoms with Crippen LogP contribution in [0.3, 0.4) is 0 Å². The third-order valence-electron chi connectivity index (χ3n) is 4.23. The fourth-order valence-corrected chi connectivity index (χ4v) is 3.03. The SMILES string of the molecule is Cc1[nH]c2c(N3CCOCC3)cccc2c1CC(N)C(=O)O.